The zero-order valence-corrected chi connectivity index (χ0v) is 20.4. The van der Waals surface area contributed by atoms with Gasteiger partial charge in [0.2, 0.25) is 0 Å². The third kappa shape index (κ3) is 3.90. The van der Waals surface area contributed by atoms with E-state index in [0.29, 0.717) is 36.1 Å². The lowest BCUT2D eigenvalue weighted by Crippen LogP contribution is -2.39. The highest BCUT2D eigenvalue weighted by Crippen LogP contribution is 2.40. The molecule has 3 aromatic rings. The molecular formula is C25H22ClIN2O3. The number of fused-ring (bicyclic) bond motifs is 4. The van der Waals surface area contributed by atoms with Crippen molar-refractivity contribution in [2.75, 3.05) is 23.9 Å². The van der Waals surface area contributed by atoms with Crippen LogP contribution in [-0.2, 0) is 18.9 Å². The van der Waals surface area contributed by atoms with Crippen LogP contribution in [0.2, 0.25) is 0 Å². The van der Waals surface area contributed by atoms with Gasteiger partial charge in [-0.1, -0.05) is 24.3 Å². The molecule has 2 aliphatic rings. The van der Waals surface area contributed by atoms with Crippen molar-refractivity contribution in [3.05, 3.63) is 80.4 Å². The number of alkyl halides is 1. The van der Waals surface area contributed by atoms with Crippen LogP contribution in [0.1, 0.15) is 27.0 Å². The van der Waals surface area contributed by atoms with Crippen LogP contribution in [0.25, 0.3) is 0 Å². The number of anilines is 2. The number of rotatable bonds is 5. The van der Waals surface area contributed by atoms with E-state index < -0.39 is 0 Å². The van der Waals surface area contributed by atoms with Crippen molar-refractivity contribution < 1.29 is 14.3 Å². The molecule has 3 aromatic carbocycles. The number of benzene rings is 3. The highest BCUT2D eigenvalue weighted by molar-refractivity contribution is 14.1. The quantitative estimate of drug-likeness (QED) is 0.325. The zero-order chi connectivity index (χ0) is 22.2. The average molecular weight is 561 g/mol. The fourth-order valence-electron chi connectivity index (χ4n) is 4.45. The number of nitrogens with one attached hydrogen (secondary N) is 1. The van der Waals surface area contributed by atoms with Crippen molar-refractivity contribution in [1.29, 1.82) is 0 Å². The molecule has 0 bridgehead atoms. The maximum Gasteiger partial charge on any atom is 0.260 e. The molecule has 2 aliphatic heterocycles. The number of carbonyl (C=O) groups excluding carboxylic acids is 1. The van der Waals surface area contributed by atoms with Gasteiger partial charge in [0.05, 0.1) is 24.4 Å². The smallest absolute Gasteiger partial charge is 0.260 e. The second-order valence-electron chi connectivity index (χ2n) is 7.98. The van der Waals surface area contributed by atoms with Crippen LogP contribution in [0.15, 0.2) is 54.6 Å². The standard InChI is InChI=1S/C25H22ClIN2O3/c1-31-23-10-20-21(11-24(23)32-14-16-6-15(12-26)7-18(27)8-16)28-13-19-9-17-4-2-3-5-22(17)29(19)25(20)30/h2-8,10-11,19,28H,9,12-14H2,1H3/t19-/m0/s1. The van der Waals surface area contributed by atoms with Gasteiger partial charge in [-0.15, -0.1) is 11.6 Å². The third-order valence-electron chi connectivity index (χ3n) is 5.92. The van der Waals surface area contributed by atoms with Gasteiger partial charge in [0.1, 0.15) is 6.61 Å². The van der Waals surface area contributed by atoms with Crippen LogP contribution in [0.4, 0.5) is 11.4 Å². The second kappa shape index (κ2) is 8.83. The Labute approximate surface area is 205 Å². The maximum atomic E-state index is 13.5. The Morgan fingerprint density at radius 2 is 1.94 bits per heavy atom. The molecule has 0 saturated heterocycles. The van der Waals surface area contributed by atoms with E-state index in [1.807, 2.05) is 35.2 Å². The lowest BCUT2D eigenvalue weighted by atomic mass is 10.1. The van der Waals surface area contributed by atoms with E-state index in [4.69, 9.17) is 21.1 Å². The molecule has 0 unspecified atom stereocenters. The van der Waals surface area contributed by atoms with Gasteiger partial charge in [0.15, 0.2) is 11.5 Å². The number of halogens is 2. The number of methoxy groups -OCH3 is 1. The molecule has 1 N–H and O–H groups in total. The Morgan fingerprint density at radius 1 is 1.12 bits per heavy atom. The van der Waals surface area contributed by atoms with Crippen LogP contribution in [0.5, 0.6) is 11.5 Å². The Balaban J connectivity index is 1.45. The Kier molecular flexibility index (Phi) is 5.90. The van der Waals surface area contributed by atoms with Crippen molar-refractivity contribution in [3.63, 3.8) is 0 Å². The first-order valence-electron chi connectivity index (χ1n) is 10.4. The summed E-state index contributed by atoms with van der Waals surface area (Å²) in [7, 11) is 1.59. The molecule has 0 saturated carbocycles. The number of amides is 1. The van der Waals surface area contributed by atoms with Crippen molar-refractivity contribution in [3.8, 4) is 11.5 Å². The Bertz CT molecular complexity index is 1200. The van der Waals surface area contributed by atoms with E-state index in [9.17, 15) is 4.79 Å². The summed E-state index contributed by atoms with van der Waals surface area (Å²) in [6.45, 7) is 1.06. The van der Waals surface area contributed by atoms with E-state index in [0.717, 1.165) is 32.5 Å². The number of nitrogens with zero attached hydrogens (tertiary/aromatic N) is 1. The number of para-hydroxylation sites is 1. The minimum absolute atomic E-state index is 0.0193. The van der Waals surface area contributed by atoms with Crippen LogP contribution in [0, 0.1) is 3.57 Å². The maximum absolute atomic E-state index is 13.5. The first-order valence-corrected chi connectivity index (χ1v) is 12.0. The molecule has 1 atom stereocenters. The topological polar surface area (TPSA) is 50.8 Å². The monoisotopic (exact) mass is 560 g/mol. The summed E-state index contributed by atoms with van der Waals surface area (Å²) in [5.41, 5.74) is 5.64. The lowest BCUT2D eigenvalue weighted by molar-refractivity contribution is 0.0983. The molecular weight excluding hydrogens is 539 g/mol. The summed E-state index contributed by atoms with van der Waals surface area (Å²) in [6.07, 6.45) is 0.846. The Morgan fingerprint density at radius 3 is 2.75 bits per heavy atom. The molecule has 0 fully saturated rings. The fourth-order valence-corrected chi connectivity index (χ4v) is 5.41. The number of hydrogen-bond donors (Lipinski definition) is 1. The molecule has 5 rings (SSSR count). The van der Waals surface area contributed by atoms with Crippen molar-refractivity contribution in [1.82, 2.24) is 0 Å². The van der Waals surface area contributed by atoms with Gasteiger partial charge in [-0.05, 0) is 70.0 Å². The minimum Gasteiger partial charge on any atom is -0.493 e. The van der Waals surface area contributed by atoms with Gasteiger partial charge in [-0.25, -0.2) is 0 Å². The van der Waals surface area contributed by atoms with E-state index in [1.165, 1.54) is 5.56 Å². The first kappa shape index (κ1) is 21.4. The van der Waals surface area contributed by atoms with E-state index in [1.54, 1.807) is 13.2 Å². The minimum atomic E-state index is -0.0193. The van der Waals surface area contributed by atoms with Gasteiger partial charge in [-0.3, -0.25) is 4.79 Å². The molecule has 7 heteroatoms. The highest BCUT2D eigenvalue weighted by Gasteiger charge is 2.37. The first-order chi connectivity index (χ1) is 15.6. The van der Waals surface area contributed by atoms with Gasteiger partial charge in [0, 0.05) is 27.7 Å². The molecule has 5 nitrogen and oxygen atoms in total. The molecule has 1 amide bonds. The Hall–Kier alpha value is -2.45. The van der Waals surface area contributed by atoms with Crippen LogP contribution >= 0.6 is 34.2 Å². The number of ether oxygens (including phenoxy) is 2. The molecule has 2 heterocycles. The van der Waals surface area contributed by atoms with Crippen molar-refractivity contribution >= 4 is 51.5 Å². The van der Waals surface area contributed by atoms with E-state index in [2.05, 4.69) is 46.1 Å². The summed E-state index contributed by atoms with van der Waals surface area (Å²) in [5.74, 6) is 1.57. The van der Waals surface area contributed by atoms with Crippen molar-refractivity contribution in [2.45, 2.75) is 24.9 Å². The average Bonchev–Trinajstić information content (AvgIpc) is 3.12. The van der Waals surface area contributed by atoms with Crippen LogP contribution in [0.3, 0.4) is 0 Å². The second-order valence-corrected chi connectivity index (χ2v) is 9.49. The lowest BCUT2D eigenvalue weighted by Gasteiger charge is -2.22. The number of carbonyl (C=O) groups is 1. The molecule has 164 valence electrons. The summed E-state index contributed by atoms with van der Waals surface area (Å²) >= 11 is 8.29. The molecule has 0 radical (unpaired) electrons. The van der Waals surface area contributed by atoms with Crippen molar-refractivity contribution in [2.24, 2.45) is 0 Å². The van der Waals surface area contributed by atoms with Crippen LogP contribution < -0.4 is 19.7 Å². The largest absolute Gasteiger partial charge is 0.493 e. The molecule has 32 heavy (non-hydrogen) atoms. The highest BCUT2D eigenvalue weighted by atomic mass is 127. The summed E-state index contributed by atoms with van der Waals surface area (Å²) in [4.78, 5) is 15.4. The normalized spacial score (nSPS) is 16.5. The predicted molar refractivity (Wildman–Crippen MR) is 135 cm³/mol. The van der Waals surface area contributed by atoms with Gasteiger partial charge < -0.3 is 19.7 Å². The van der Waals surface area contributed by atoms with Crippen LogP contribution in [-0.4, -0.2) is 25.6 Å². The fraction of sp³-hybridized carbons (Fsp3) is 0.240. The van der Waals surface area contributed by atoms with E-state index in [-0.39, 0.29) is 11.9 Å². The number of hydrogen-bond acceptors (Lipinski definition) is 4. The zero-order valence-electron chi connectivity index (χ0n) is 17.5. The SMILES string of the molecule is COc1cc2c(cc1OCc1cc(I)cc(CCl)c1)NC[C@@H]1Cc3ccccc3N1C2=O. The van der Waals surface area contributed by atoms with Gasteiger partial charge >= 0.3 is 0 Å². The summed E-state index contributed by atoms with van der Waals surface area (Å²) in [6, 6.07) is 18.0. The summed E-state index contributed by atoms with van der Waals surface area (Å²) in [5, 5.41) is 3.46. The van der Waals surface area contributed by atoms with E-state index >= 15 is 0 Å². The predicted octanol–water partition coefficient (Wildman–Crippen LogP) is 5.61. The third-order valence-corrected chi connectivity index (χ3v) is 6.85. The summed E-state index contributed by atoms with van der Waals surface area (Å²) < 4.78 is 12.8. The molecule has 0 spiro atoms. The van der Waals surface area contributed by atoms with Gasteiger partial charge in [-0.2, -0.15) is 0 Å². The van der Waals surface area contributed by atoms with Gasteiger partial charge in [0.25, 0.3) is 5.91 Å². The molecule has 0 aliphatic carbocycles. The molecule has 0 aromatic heterocycles.